The fourth-order valence-corrected chi connectivity index (χ4v) is 5.45. The highest BCUT2D eigenvalue weighted by molar-refractivity contribution is 6.32. The van der Waals surface area contributed by atoms with Crippen LogP contribution in [0.5, 0.6) is 11.5 Å². The Morgan fingerprint density at radius 3 is 2.18 bits per heavy atom. The third kappa shape index (κ3) is 4.98. The summed E-state index contributed by atoms with van der Waals surface area (Å²) in [6.45, 7) is 5.15. The van der Waals surface area contributed by atoms with Crippen molar-refractivity contribution >= 4 is 23.2 Å². The van der Waals surface area contributed by atoms with Gasteiger partial charge < -0.3 is 14.8 Å². The van der Waals surface area contributed by atoms with Crippen molar-refractivity contribution in [2.45, 2.75) is 84.0 Å². The summed E-state index contributed by atoms with van der Waals surface area (Å²) in [6.07, 6.45) is 8.78. The Bertz CT molecular complexity index is 952. The van der Waals surface area contributed by atoms with Gasteiger partial charge in [0.15, 0.2) is 23.1 Å². The van der Waals surface area contributed by atoms with Gasteiger partial charge in [0.25, 0.3) is 0 Å². The predicted octanol–water partition coefficient (Wildman–Crippen LogP) is 6.40. The molecule has 0 saturated carbocycles. The molecule has 0 fully saturated rings. The molecule has 3 aliphatic rings. The molecule has 0 atom stereocenters. The second kappa shape index (κ2) is 10.8. The summed E-state index contributed by atoms with van der Waals surface area (Å²) in [5, 5.41) is 3.92. The molecule has 1 aliphatic heterocycles. The van der Waals surface area contributed by atoms with Gasteiger partial charge in [-0.3, -0.25) is 9.59 Å². The Morgan fingerprint density at radius 2 is 1.58 bits per heavy atom. The van der Waals surface area contributed by atoms with Gasteiger partial charge in [0, 0.05) is 41.3 Å². The number of allylic oxidation sites excluding steroid dienone is 4. The Morgan fingerprint density at radius 1 is 0.909 bits per heavy atom. The number of dihydropyridines is 1. The van der Waals surface area contributed by atoms with Gasteiger partial charge in [0.2, 0.25) is 0 Å². The topological polar surface area (TPSA) is 64.6 Å². The maximum absolute atomic E-state index is 13.1. The van der Waals surface area contributed by atoms with Gasteiger partial charge in [-0.1, -0.05) is 37.8 Å². The van der Waals surface area contributed by atoms with Crippen LogP contribution >= 0.6 is 11.6 Å². The van der Waals surface area contributed by atoms with Crippen LogP contribution in [0.15, 0.2) is 34.7 Å². The van der Waals surface area contributed by atoms with Crippen molar-refractivity contribution in [3.63, 3.8) is 0 Å². The number of carbonyl (C=O) groups is 2. The number of benzene rings is 1. The first-order chi connectivity index (χ1) is 16.0. The van der Waals surface area contributed by atoms with E-state index >= 15 is 0 Å². The molecule has 0 bridgehead atoms. The SMILES string of the molecule is CCCCCCOc1c(Cl)cc(C2C3=C(CCCC3=O)NC3=C2C(=O)CCC3)cc1OCC. The molecule has 1 aromatic rings. The summed E-state index contributed by atoms with van der Waals surface area (Å²) in [5.74, 6) is 0.950. The molecular weight excluding hydrogens is 438 g/mol. The monoisotopic (exact) mass is 471 g/mol. The van der Waals surface area contributed by atoms with E-state index in [1.165, 1.54) is 12.8 Å². The van der Waals surface area contributed by atoms with Crippen molar-refractivity contribution < 1.29 is 19.1 Å². The van der Waals surface area contributed by atoms with Gasteiger partial charge in [-0.2, -0.15) is 0 Å². The van der Waals surface area contributed by atoms with E-state index in [-0.39, 0.29) is 11.6 Å². The largest absolute Gasteiger partial charge is 0.490 e. The van der Waals surface area contributed by atoms with Crippen molar-refractivity contribution in [2.75, 3.05) is 13.2 Å². The number of carbonyl (C=O) groups excluding carboxylic acids is 2. The highest BCUT2D eigenvalue weighted by Gasteiger charge is 2.40. The highest BCUT2D eigenvalue weighted by atomic mass is 35.5. The number of rotatable bonds is 9. The average Bonchev–Trinajstić information content (AvgIpc) is 2.79. The van der Waals surface area contributed by atoms with Crippen LogP contribution in [-0.2, 0) is 9.59 Å². The molecule has 5 nitrogen and oxygen atoms in total. The van der Waals surface area contributed by atoms with Crippen LogP contribution in [-0.4, -0.2) is 24.8 Å². The third-order valence-electron chi connectivity index (χ3n) is 6.70. The number of Topliss-reactive ketones (excluding diaryl/α,β-unsaturated/α-hetero) is 2. The molecule has 33 heavy (non-hydrogen) atoms. The molecular formula is C27H34ClNO4. The summed E-state index contributed by atoms with van der Waals surface area (Å²) in [4.78, 5) is 26.1. The van der Waals surface area contributed by atoms with Crippen molar-refractivity contribution in [2.24, 2.45) is 0 Å². The van der Waals surface area contributed by atoms with Crippen molar-refractivity contribution in [1.29, 1.82) is 0 Å². The zero-order valence-electron chi connectivity index (χ0n) is 19.7. The van der Waals surface area contributed by atoms with Crippen molar-refractivity contribution in [3.8, 4) is 11.5 Å². The van der Waals surface area contributed by atoms with Crippen LogP contribution in [0.1, 0.15) is 89.5 Å². The lowest BCUT2D eigenvalue weighted by molar-refractivity contribution is -0.116. The molecule has 2 aliphatic carbocycles. The van der Waals surface area contributed by atoms with Gasteiger partial charge in [-0.15, -0.1) is 0 Å². The number of halogens is 1. The van der Waals surface area contributed by atoms with Crippen molar-refractivity contribution in [3.05, 3.63) is 45.3 Å². The molecule has 0 radical (unpaired) electrons. The number of ether oxygens (including phenoxy) is 2. The van der Waals surface area contributed by atoms with E-state index in [1.54, 1.807) is 0 Å². The molecule has 1 N–H and O–H groups in total. The Hall–Kier alpha value is -2.27. The van der Waals surface area contributed by atoms with Crippen LogP contribution in [0.3, 0.4) is 0 Å². The van der Waals surface area contributed by atoms with Crippen molar-refractivity contribution in [1.82, 2.24) is 5.32 Å². The fraction of sp³-hybridized carbons (Fsp3) is 0.556. The Kier molecular flexibility index (Phi) is 7.79. The number of hydrogen-bond acceptors (Lipinski definition) is 5. The molecule has 1 heterocycles. The first kappa shape index (κ1) is 23.9. The molecule has 0 aromatic heterocycles. The van der Waals surface area contributed by atoms with Crippen LogP contribution in [0, 0.1) is 0 Å². The van der Waals surface area contributed by atoms with E-state index in [2.05, 4.69) is 12.2 Å². The molecule has 178 valence electrons. The second-order valence-corrected chi connectivity index (χ2v) is 9.48. The predicted molar refractivity (Wildman–Crippen MR) is 130 cm³/mol. The van der Waals surface area contributed by atoms with Crippen LogP contribution in [0.25, 0.3) is 0 Å². The normalized spacial score (nSPS) is 18.8. The molecule has 0 spiro atoms. The summed E-state index contributed by atoms with van der Waals surface area (Å²) >= 11 is 6.73. The minimum atomic E-state index is -0.396. The number of ketones is 2. The molecule has 4 rings (SSSR count). The lowest BCUT2D eigenvalue weighted by Crippen LogP contribution is -2.36. The van der Waals surface area contributed by atoms with E-state index in [9.17, 15) is 9.59 Å². The van der Waals surface area contributed by atoms with Crippen LogP contribution in [0.4, 0.5) is 0 Å². The molecule has 0 saturated heterocycles. The van der Waals surface area contributed by atoms with Gasteiger partial charge in [0.05, 0.1) is 18.2 Å². The second-order valence-electron chi connectivity index (χ2n) is 9.07. The lowest BCUT2D eigenvalue weighted by Gasteiger charge is -2.37. The van der Waals surface area contributed by atoms with Gasteiger partial charge in [0.1, 0.15) is 0 Å². The van der Waals surface area contributed by atoms with Crippen LogP contribution in [0.2, 0.25) is 5.02 Å². The summed E-state index contributed by atoms with van der Waals surface area (Å²) in [6, 6.07) is 3.78. The summed E-state index contributed by atoms with van der Waals surface area (Å²) in [5.41, 5.74) is 4.21. The Balaban J connectivity index is 1.74. The molecule has 0 amide bonds. The van der Waals surface area contributed by atoms with Gasteiger partial charge >= 0.3 is 0 Å². The standard InChI is InChI=1S/C27H34ClNO4/c1-3-5-6-7-14-33-27-18(28)15-17(16-23(27)32-4-2)24-25-19(10-8-12-21(25)30)29-20-11-9-13-22(31)26(20)24/h15-16,24,29H,3-14H2,1-2H3. The highest BCUT2D eigenvalue weighted by Crippen LogP contribution is 2.48. The first-order valence-electron chi connectivity index (χ1n) is 12.4. The van der Waals surface area contributed by atoms with Gasteiger partial charge in [-0.25, -0.2) is 0 Å². The fourth-order valence-electron chi connectivity index (χ4n) is 5.18. The number of hydrogen-bond donors (Lipinski definition) is 1. The lowest BCUT2D eigenvalue weighted by atomic mass is 9.71. The zero-order chi connectivity index (χ0) is 23.4. The minimum absolute atomic E-state index is 0.115. The zero-order valence-corrected chi connectivity index (χ0v) is 20.5. The first-order valence-corrected chi connectivity index (χ1v) is 12.8. The summed E-state index contributed by atoms with van der Waals surface area (Å²) in [7, 11) is 0. The maximum Gasteiger partial charge on any atom is 0.179 e. The van der Waals surface area contributed by atoms with E-state index in [1.807, 2.05) is 19.1 Å². The quantitative estimate of drug-likeness (QED) is 0.422. The van der Waals surface area contributed by atoms with Gasteiger partial charge in [-0.05, 0) is 56.7 Å². The molecule has 0 unspecified atom stereocenters. The van der Waals surface area contributed by atoms with E-state index in [0.717, 1.165) is 66.6 Å². The number of nitrogens with one attached hydrogen (secondary N) is 1. The molecule has 1 aromatic carbocycles. The summed E-state index contributed by atoms with van der Waals surface area (Å²) < 4.78 is 12.0. The van der Waals surface area contributed by atoms with Crippen LogP contribution < -0.4 is 14.8 Å². The molecule has 6 heteroatoms. The smallest absolute Gasteiger partial charge is 0.179 e. The Labute approximate surface area is 201 Å². The van der Waals surface area contributed by atoms with E-state index in [0.29, 0.717) is 42.6 Å². The average molecular weight is 472 g/mol. The van der Waals surface area contributed by atoms with E-state index < -0.39 is 5.92 Å². The third-order valence-corrected chi connectivity index (χ3v) is 6.98. The minimum Gasteiger partial charge on any atom is -0.490 e. The van der Waals surface area contributed by atoms with E-state index in [4.69, 9.17) is 21.1 Å². The maximum atomic E-state index is 13.1. The number of unbranched alkanes of at least 4 members (excludes halogenated alkanes) is 3.